The lowest BCUT2D eigenvalue weighted by molar-refractivity contribution is 0.827. The zero-order valence-electron chi connectivity index (χ0n) is 11.0. The Morgan fingerprint density at radius 2 is 2.00 bits per heavy atom. The van der Waals surface area contributed by atoms with Crippen molar-refractivity contribution in [1.82, 2.24) is 9.55 Å². The van der Waals surface area contributed by atoms with Crippen molar-refractivity contribution < 1.29 is 0 Å². The van der Waals surface area contributed by atoms with Crippen molar-refractivity contribution in [3.8, 4) is 6.07 Å². The molecule has 98 valence electrons. The van der Waals surface area contributed by atoms with Crippen LogP contribution in [-0.4, -0.2) is 9.55 Å². The molecule has 0 aliphatic carbocycles. The second-order valence-electron chi connectivity index (χ2n) is 4.62. The smallest absolute Gasteiger partial charge is 0.145 e. The molecule has 3 rings (SSSR count). The largest absolute Gasteiger partial charge is 0.343 e. The van der Waals surface area contributed by atoms with Crippen LogP contribution in [0, 0.1) is 11.3 Å². The SMILES string of the molecule is N#Cc1ncccc1Cn1ccc2c(CN)cccc21. The third-order valence-electron chi connectivity index (χ3n) is 3.46. The van der Waals surface area contributed by atoms with E-state index in [-0.39, 0.29) is 0 Å². The van der Waals surface area contributed by atoms with E-state index >= 15 is 0 Å². The molecule has 0 aliphatic heterocycles. The maximum atomic E-state index is 9.10. The van der Waals surface area contributed by atoms with Crippen molar-refractivity contribution in [2.24, 2.45) is 5.73 Å². The zero-order chi connectivity index (χ0) is 13.9. The molecule has 0 bridgehead atoms. The Morgan fingerprint density at radius 1 is 1.15 bits per heavy atom. The van der Waals surface area contributed by atoms with Crippen LogP contribution < -0.4 is 5.73 Å². The Labute approximate surface area is 117 Å². The van der Waals surface area contributed by atoms with Crippen molar-refractivity contribution in [2.45, 2.75) is 13.1 Å². The van der Waals surface area contributed by atoms with Gasteiger partial charge in [-0.15, -0.1) is 0 Å². The summed E-state index contributed by atoms with van der Waals surface area (Å²) in [6.45, 7) is 1.16. The number of hydrogen-bond donors (Lipinski definition) is 1. The Balaban J connectivity index is 2.06. The van der Waals surface area contributed by atoms with Gasteiger partial charge in [0, 0.05) is 35.4 Å². The highest BCUT2D eigenvalue weighted by Gasteiger charge is 2.07. The van der Waals surface area contributed by atoms with E-state index in [1.54, 1.807) is 6.20 Å². The molecule has 0 unspecified atom stereocenters. The third kappa shape index (κ3) is 2.04. The molecule has 4 nitrogen and oxygen atoms in total. The van der Waals surface area contributed by atoms with Crippen LogP contribution in [0.5, 0.6) is 0 Å². The normalized spacial score (nSPS) is 10.6. The zero-order valence-corrected chi connectivity index (χ0v) is 11.0. The van der Waals surface area contributed by atoms with Gasteiger partial charge in [-0.05, 0) is 23.8 Å². The van der Waals surface area contributed by atoms with Crippen LogP contribution in [0.3, 0.4) is 0 Å². The summed E-state index contributed by atoms with van der Waals surface area (Å²) < 4.78 is 2.12. The van der Waals surface area contributed by atoms with E-state index in [0.717, 1.165) is 22.0 Å². The standard InChI is InChI=1S/C16H14N4/c17-9-12-3-1-5-16-14(12)6-8-20(16)11-13-4-2-7-19-15(13)10-18/h1-8H,9,11,17H2. The van der Waals surface area contributed by atoms with Gasteiger partial charge in [-0.1, -0.05) is 18.2 Å². The van der Waals surface area contributed by atoms with Gasteiger partial charge in [-0.25, -0.2) is 4.98 Å². The molecule has 4 heteroatoms. The second kappa shape index (κ2) is 5.16. The van der Waals surface area contributed by atoms with E-state index in [2.05, 4.69) is 27.8 Å². The summed E-state index contributed by atoms with van der Waals surface area (Å²) in [7, 11) is 0. The number of hydrogen-bond acceptors (Lipinski definition) is 3. The number of nitrogens with zero attached hydrogens (tertiary/aromatic N) is 3. The lowest BCUT2D eigenvalue weighted by Gasteiger charge is -2.07. The molecule has 2 aromatic heterocycles. The number of fused-ring (bicyclic) bond motifs is 1. The van der Waals surface area contributed by atoms with Crippen LogP contribution in [0.1, 0.15) is 16.8 Å². The van der Waals surface area contributed by atoms with E-state index in [1.165, 1.54) is 0 Å². The molecule has 3 aromatic rings. The Morgan fingerprint density at radius 3 is 2.80 bits per heavy atom. The Hall–Kier alpha value is -2.64. The second-order valence-corrected chi connectivity index (χ2v) is 4.62. The van der Waals surface area contributed by atoms with Crippen LogP contribution in [0.2, 0.25) is 0 Å². The van der Waals surface area contributed by atoms with Crippen molar-refractivity contribution in [2.75, 3.05) is 0 Å². The van der Waals surface area contributed by atoms with Gasteiger partial charge in [0.2, 0.25) is 0 Å². The minimum absolute atomic E-state index is 0.476. The molecule has 2 N–H and O–H groups in total. The Bertz CT molecular complexity index is 796. The van der Waals surface area contributed by atoms with Crippen molar-refractivity contribution in [3.63, 3.8) is 0 Å². The maximum Gasteiger partial charge on any atom is 0.145 e. The van der Waals surface area contributed by atoms with Gasteiger partial charge in [-0.2, -0.15) is 5.26 Å². The van der Waals surface area contributed by atoms with E-state index in [1.807, 2.05) is 30.5 Å². The van der Waals surface area contributed by atoms with Gasteiger partial charge in [0.15, 0.2) is 0 Å². The molecular weight excluding hydrogens is 248 g/mol. The van der Waals surface area contributed by atoms with Crippen molar-refractivity contribution >= 4 is 10.9 Å². The molecule has 0 aliphatic rings. The molecule has 0 saturated heterocycles. The molecule has 0 amide bonds. The first-order valence-electron chi connectivity index (χ1n) is 6.44. The first-order valence-corrected chi connectivity index (χ1v) is 6.44. The van der Waals surface area contributed by atoms with Gasteiger partial charge in [0.25, 0.3) is 0 Å². The molecule has 20 heavy (non-hydrogen) atoms. The van der Waals surface area contributed by atoms with E-state index < -0.39 is 0 Å². The molecule has 0 spiro atoms. The molecule has 2 heterocycles. The van der Waals surface area contributed by atoms with Crippen LogP contribution in [0.15, 0.2) is 48.8 Å². The number of nitrogens with two attached hydrogens (primary N) is 1. The summed E-state index contributed by atoms with van der Waals surface area (Å²) in [5.74, 6) is 0. The van der Waals surface area contributed by atoms with Gasteiger partial charge < -0.3 is 10.3 Å². The minimum Gasteiger partial charge on any atom is -0.343 e. The molecule has 0 radical (unpaired) electrons. The molecule has 0 saturated carbocycles. The van der Waals surface area contributed by atoms with Crippen LogP contribution in [0.4, 0.5) is 0 Å². The van der Waals surface area contributed by atoms with Gasteiger partial charge in [0.1, 0.15) is 11.8 Å². The highest BCUT2D eigenvalue weighted by Crippen LogP contribution is 2.21. The minimum atomic E-state index is 0.476. The number of nitriles is 1. The number of rotatable bonds is 3. The van der Waals surface area contributed by atoms with Crippen LogP contribution in [-0.2, 0) is 13.1 Å². The number of benzene rings is 1. The van der Waals surface area contributed by atoms with E-state index in [0.29, 0.717) is 18.8 Å². The van der Waals surface area contributed by atoms with Crippen molar-refractivity contribution in [3.05, 3.63) is 65.6 Å². The summed E-state index contributed by atoms with van der Waals surface area (Å²) in [5.41, 5.74) is 9.42. The molecule has 0 fully saturated rings. The predicted octanol–water partition coefficient (Wildman–Crippen LogP) is 2.41. The highest BCUT2D eigenvalue weighted by atomic mass is 15.0. The molecule has 0 atom stereocenters. The fraction of sp³-hybridized carbons (Fsp3) is 0.125. The summed E-state index contributed by atoms with van der Waals surface area (Å²) in [4.78, 5) is 4.10. The highest BCUT2D eigenvalue weighted by molar-refractivity contribution is 5.83. The van der Waals surface area contributed by atoms with Gasteiger partial charge in [0.05, 0.1) is 6.54 Å². The Kier molecular flexibility index (Phi) is 3.20. The molecular formula is C16H14N4. The maximum absolute atomic E-state index is 9.10. The average molecular weight is 262 g/mol. The van der Waals surface area contributed by atoms with E-state index in [9.17, 15) is 0 Å². The van der Waals surface area contributed by atoms with Crippen LogP contribution >= 0.6 is 0 Å². The topological polar surface area (TPSA) is 67.6 Å². The average Bonchev–Trinajstić information content (AvgIpc) is 2.91. The van der Waals surface area contributed by atoms with Gasteiger partial charge >= 0.3 is 0 Å². The monoisotopic (exact) mass is 262 g/mol. The fourth-order valence-corrected chi connectivity index (χ4v) is 2.45. The predicted molar refractivity (Wildman–Crippen MR) is 77.9 cm³/mol. The quantitative estimate of drug-likeness (QED) is 0.788. The van der Waals surface area contributed by atoms with Crippen LogP contribution in [0.25, 0.3) is 10.9 Å². The summed E-state index contributed by atoms with van der Waals surface area (Å²) in [6.07, 6.45) is 3.67. The van der Waals surface area contributed by atoms with E-state index in [4.69, 9.17) is 11.0 Å². The summed E-state index contributed by atoms with van der Waals surface area (Å²) in [6, 6.07) is 14.1. The summed E-state index contributed by atoms with van der Waals surface area (Å²) in [5, 5.41) is 10.3. The first-order chi connectivity index (χ1) is 9.83. The third-order valence-corrected chi connectivity index (χ3v) is 3.46. The van der Waals surface area contributed by atoms with Gasteiger partial charge in [-0.3, -0.25) is 0 Å². The molecule has 1 aromatic carbocycles. The van der Waals surface area contributed by atoms with Crippen molar-refractivity contribution in [1.29, 1.82) is 5.26 Å². The lowest BCUT2D eigenvalue weighted by Crippen LogP contribution is -2.02. The lowest BCUT2D eigenvalue weighted by atomic mass is 10.1. The number of aromatic nitrogens is 2. The first kappa shape index (κ1) is 12.4. The number of pyridine rings is 1. The fourth-order valence-electron chi connectivity index (χ4n) is 2.45. The summed E-state index contributed by atoms with van der Waals surface area (Å²) >= 11 is 0.